The summed E-state index contributed by atoms with van der Waals surface area (Å²) in [6, 6.07) is 5.90. The number of esters is 1. The first kappa shape index (κ1) is 16.9. The van der Waals surface area contributed by atoms with Crippen LogP contribution in [-0.4, -0.2) is 47.8 Å². The molecule has 25 heavy (non-hydrogen) atoms. The van der Waals surface area contributed by atoms with Crippen LogP contribution >= 0.6 is 0 Å². The zero-order valence-corrected chi connectivity index (χ0v) is 13.7. The van der Waals surface area contributed by atoms with Crippen LogP contribution in [0.5, 0.6) is 0 Å². The number of ether oxygens (including phenoxy) is 1. The fraction of sp³-hybridized carbons (Fsp3) is 0.333. The first-order valence-electron chi connectivity index (χ1n) is 8.02. The summed E-state index contributed by atoms with van der Waals surface area (Å²) in [7, 11) is 1.31. The highest BCUT2D eigenvalue weighted by Gasteiger charge is 2.43. The van der Waals surface area contributed by atoms with Crippen molar-refractivity contribution in [2.45, 2.75) is 31.3 Å². The van der Waals surface area contributed by atoms with Crippen molar-refractivity contribution in [2.24, 2.45) is 0 Å². The molecule has 0 bridgehead atoms. The third-order valence-electron chi connectivity index (χ3n) is 4.22. The number of amides is 3. The Morgan fingerprint density at radius 2 is 1.88 bits per heavy atom. The summed E-state index contributed by atoms with van der Waals surface area (Å²) in [4.78, 5) is 48.7. The molecule has 130 valence electrons. The van der Waals surface area contributed by atoms with Crippen molar-refractivity contribution >= 4 is 29.8 Å². The Hall–Kier alpha value is -2.96. The van der Waals surface area contributed by atoms with Crippen molar-refractivity contribution in [3.05, 3.63) is 41.5 Å². The van der Waals surface area contributed by atoms with Gasteiger partial charge in [-0.3, -0.25) is 19.7 Å². The predicted molar refractivity (Wildman–Crippen MR) is 88.2 cm³/mol. The van der Waals surface area contributed by atoms with Gasteiger partial charge in [-0.25, -0.2) is 4.79 Å². The van der Waals surface area contributed by atoms with Gasteiger partial charge in [-0.2, -0.15) is 0 Å². The average molecular weight is 342 g/mol. The molecular formula is C18H18N2O5. The van der Waals surface area contributed by atoms with E-state index in [-0.39, 0.29) is 24.3 Å². The van der Waals surface area contributed by atoms with Gasteiger partial charge in [-0.05, 0) is 36.6 Å². The number of carbonyl (C=O) groups is 4. The highest BCUT2D eigenvalue weighted by atomic mass is 16.5. The fourth-order valence-electron chi connectivity index (χ4n) is 2.81. The largest absolute Gasteiger partial charge is 0.465 e. The van der Waals surface area contributed by atoms with Gasteiger partial charge in [0.05, 0.1) is 19.1 Å². The Morgan fingerprint density at radius 1 is 1.20 bits per heavy atom. The fourth-order valence-corrected chi connectivity index (χ4v) is 2.81. The van der Waals surface area contributed by atoms with E-state index >= 15 is 0 Å². The molecule has 1 saturated carbocycles. The highest BCUT2D eigenvalue weighted by Crippen LogP contribution is 2.31. The molecule has 1 saturated heterocycles. The van der Waals surface area contributed by atoms with Gasteiger partial charge in [-0.15, -0.1) is 0 Å². The van der Waals surface area contributed by atoms with Crippen LogP contribution in [0.3, 0.4) is 0 Å². The van der Waals surface area contributed by atoms with Gasteiger partial charge in [0.25, 0.3) is 0 Å². The molecule has 1 atom stereocenters. The van der Waals surface area contributed by atoms with E-state index in [1.165, 1.54) is 18.1 Å². The maximum absolute atomic E-state index is 12.5. The number of nitrogens with one attached hydrogen (secondary N) is 1. The third kappa shape index (κ3) is 3.76. The van der Waals surface area contributed by atoms with E-state index in [0.717, 1.165) is 18.4 Å². The number of hydrogen-bond donors (Lipinski definition) is 1. The Morgan fingerprint density at radius 3 is 2.40 bits per heavy atom. The van der Waals surface area contributed by atoms with E-state index in [2.05, 4.69) is 10.1 Å². The minimum Gasteiger partial charge on any atom is -0.465 e. The minimum atomic E-state index is -0.723. The Kier molecular flexibility index (Phi) is 4.65. The van der Waals surface area contributed by atoms with E-state index in [9.17, 15) is 19.2 Å². The van der Waals surface area contributed by atoms with Gasteiger partial charge in [0, 0.05) is 12.1 Å². The van der Waals surface area contributed by atoms with Gasteiger partial charge in [-0.1, -0.05) is 12.1 Å². The second-order valence-corrected chi connectivity index (χ2v) is 6.06. The summed E-state index contributed by atoms with van der Waals surface area (Å²) in [5.74, 6) is -1.49. The molecule has 7 heteroatoms. The molecule has 1 aliphatic carbocycles. The molecule has 2 fully saturated rings. The molecule has 0 aromatic heterocycles. The second-order valence-electron chi connectivity index (χ2n) is 6.06. The second kappa shape index (κ2) is 6.88. The number of rotatable bonds is 5. The molecule has 1 N–H and O–H groups in total. The zero-order chi connectivity index (χ0) is 18.0. The summed E-state index contributed by atoms with van der Waals surface area (Å²) in [6.07, 6.45) is 4.70. The predicted octanol–water partition coefficient (Wildman–Crippen LogP) is 0.892. The third-order valence-corrected chi connectivity index (χ3v) is 4.22. The minimum absolute atomic E-state index is 0.0144. The monoisotopic (exact) mass is 342 g/mol. The van der Waals surface area contributed by atoms with Crippen LogP contribution in [0.25, 0.3) is 6.08 Å². The van der Waals surface area contributed by atoms with Crippen LogP contribution in [-0.2, 0) is 19.1 Å². The van der Waals surface area contributed by atoms with Crippen molar-refractivity contribution in [1.82, 2.24) is 10.2 Å². The van der Waals surface area contributed by atoms with Crippen LogP contribution in [0.15, 0.2) is 30.3 Å². The summed E-state index contributed by atoms with van der Waals surface area (Å²) >= 11 is 0. The zero-order valence-electron chi connectivity index (χ0n) is 13.7. The first-order chi connectivity index (χ1) is 12.0. The highest BCUT2D eigenvalue weighted by molar-refractivity contribution is 6.08. The number of methoxy groups -OCH3 is 1. The molecule has 1 aliphatic heterocycles. The Labute approximate surface area is 144 Å². The Balaban J connectivity index is 1.71. The molecule has 1 aromatic carbocycles. The topological polar surface area (TPSA) is 92.8 Å². The smallest absolute Gasteiger partial charge is 0.337 e. The van der Waals surface area contributed by atoms with Crippen LogP contribution in [0.4, 0.5) is 0 Å². The van der Waals surface area contributed by atoms with E-state index in [0.29, 0.717) is 5.56 Å². The number of imide groups is 1. The molecule has 0 spiro atoms. The normalized spacial score (nSPS) is 19.8. The van der Waals surface area contributed by atoms with Crippen molar-refractivity contribution in [3.63, 3.8) is 0 Å². The number of benzene rings is 1. The molecule has 3 amide bonds. The van der Waals surface area contributed by atoms with Crippen LogP contribution < -0.4 is 5.32 Å². The lowest BCUT2D eigenvalue weighted by Crippen LogP contribution is -2.45. The quantitative estimate of drug-likeness (QED) is 0.487. The van der Waals surface area contributed by atoms with E-state index in [1.807, 2.05) is 0 Å². The molecule has 3 rings (SSSR count). The standard InChI is InChI=1S/C18H18N2O5/c1-25-18(24)12-5-2-11(3-6-12)4-9-16(22)20(13-7-8-13)14-10-15(21)19-17(14)23/h2-6,9,13-14H,7-8,10H2,1H3,(H,19,21,23)/b9-4-/t14-/m0/s1. The number of nitrogens with zero attached hydrogens (tertiary/aromatic N) is 1. The van der Waals surface area contributed by atoms with Gasteiger partial charge in [0.2, 0.25) is 17.7 Å². The van der Waals surface area contributed by atoms with E-state index in [4.69, 9.17) is 0 Å². The lowest BCUT2D eigenvalue weighted by atomic mass is 10.1. The summed E-state index contributed by atoms with van der Waals surface area (Å²) < 4.78 is 4.63. The SMILES string of the molecule is COC(=O)c1ccc(/C=C\C(=O)N(C2CC2)[C@H]2CC(=O)NC2=O)cc1. The summed E-state index contributed by atoms with van der Waals surface area (Å²) in [5, 5.41) is 2.24. The number of carbonyl (C=O) groups excluding carboxylic acids is 4. The van der Waals surface area contributed by atoms with Crippen LogP contribution in [0.1, 0.15) is 35.2 Å². The van der Waals surface area contributed by atoms with Crippen molar-refractivity contribution in [1.29, 1.82) is 0 Å². The molecule has 0 unspecified atom stereocenters. The van der Waals surface area contributed by atoms with Gasteiger partial charge < -0.3 is 9.64 Å². The molecule has 2 aliphatic rings. The molecule has 1 heterocycles. The van der Waals surface area contributed by atoms with Crippen molar-refractivity contribution < 1.29 is 23.9 Å². The summed E-state index contributed by atoms with van der Waals surface area (Å²) in [5.41, 5.74) is 1.16. The lowest BCUT2D eigenvalue weighted by molar-refractivity contribution is -0.135. The Bertz CT molecular complexity index is 749. The molecular weight excluding hydrogens is 324 g/mol. The molecule has 7 nitrogen and oxygen atoms in total. The van der Waals surface area contributed by atoms with Crippen LogP contribution in [0.2, 0.25) is 0 Å². The van der Waals surface area contributed by atoms with Crippen molar-refractivity contribution in [2.75, 3.05) is 7.11 Å². The van der Waals surface area contributed by atoms with E-state index in [1.54, 1.807) is 30.3 Å². The maximum Gasteiger partial charge on any atom is 0.337 e. The number of hydrogen-bond acceptors (Lipinski definition) is 5. The summed E-state index contributed by atoms with van der Waals surface area (Å²) in [6.45, 7) is 0. The molecule has 1 aromatic rings. The lowest BCUT2D eigenvalue weighted by Gasteiger charge is -2.25. The van der Waals surface area contributed by atoms with Crippen molar-refractivity contribution in [3.8, 4) is 0 Å². The van der Waals surface area contributed by atoms with Gasteiger partial charge in [0.1, 0.15) is 6.04 Å². The average Bonchev–Trinajstić information content (AvgIpc) is 3.38. The van der Waals surface area contributed by atoms with Crippen LogP contribution in [0, 0.1) is 0 Å². The van der Waals surface area contributed by atoms with E-state index < -0.39 is 17.9 Å². The molecule has 0 radical (unpaired) electrons. The van der Waals surface area contributed by atoms with Gasteiger partial charge >= 0.3 is 5.97 Å². The first-order valence-corrected chi connectivity index (χ1v) is 8.02. The van der Waals surface area contributed by atoms with Gasteiger partial charge in [0.15, 0.2) is 0 Å². The maximum atomic E-state index is 12.5.